The number of carbonyl (C=O) groups excluding carboxylic acids is 2. The van der Waals surface area contributed by atoms with Gasteiger partial charge in [0.25, 0.3) is 0 Å². The molecule has 0 saturated carbocycles. The van der Waals surface area contributed by atoms with Crippen LogP contribution in [0.3, 0.4) is 0 Å². The van der Waals surface area contributed by atoms with Gasteiger partial charge >= 0.3 is 0 Å². The fourth-order valence-corrected chi connectivity index (χ4v) is 1.45. The van der Waals surface area contributed by atoms with Crippen molar-refractivity contribution in [1.29, 1.82) is 0 Å². The molecule has 80 valence electrons. The first-order valence-electron chi connectivity index (χ1n) is 5.11. The molecule has 0 N–H and O–H groups in total. The van der Waals surface area contributed by atoms with Gasteiger partial charge in [0, 0.05) is 19.6 Å². The molecule has 0 bridgehead atoms. The molecule has 1 saturated heterocycles. The van der Waals surface area contributed by atoms with E-state index in [1.54, 1.807) is 4.90 Å². The third-order valence-electron chi connectivity index (χ3n) is 2.18. The summed E-state index contributed by atoms with van der Waals surface area (Å²) < 4.78 is 5.13. The van der Waals surface area contributed by atoms with Gasteiger partial charge in [0.05, 0.1) is 6.54 Å². The van der Waals surface area contributed by atoms with Crippen LogP contribution in [0.5, 0.6) is 0 Å². The van der Waals surface area contributed by atoms with E-state index in [1.165, 1.54) is 0 Å². The van der Waals surface area contributed by atoms with Gasteiger partial charge in [-0.3, -0.25) is 9.59 Å². The van der Waals surface area contributed by atoms with E-state index in [-0.39, 0.29) is 24.8 Å². The van der Waals surface area contributed by atoms with Gasteiger partial charge in [-0.1, -0.05) is 6.92 Å². The van der Waals surface area contributed by atoms with Gasteiger partial charge in [-0.25, -0.2) is 0 Å². The van der Waals surface area contributed by atoms with Crippen LogP contribution in [-0.4, -0.2) is 42.9 Å². The van der Waals surface area contributed by atoms with E-state index < -0.39 is 0 Å². The highest BCUT2D eigenvalue weighted by Gasteiger charge is 2.20. The summed E-state index contributed by atoms with van der Waals surface area (Å²) in [6.07, 6.45) is 2.31. The molecule has 14 heavy (non-hydrogen) atoms. The Hall–Kier alpha value is -0.900. The Labute approximate surface area is 84.2 Å². The van der Waals surface area contributed by atoms with Crippen molar-refractivity contribution in [2.24, 2.45) is 0 Å². The van der Waals surface area contributed by atoms with Crippen molar-refractivity contribution in [2.75, 3.05) is 26.3 Å². The predicted octanol–water partition coefficient (Wildman–Crippen LogP) is 0.605. The second-order valence-corrected chi connectivity index (χ2v) is 3.51. The number of Topliss-reactive ketones (excluding diaryl/α,β-unsaturated/α-hetero) is 1. The van der Waals surface area contributed by atoms with Crippen LogP contribution < -0.4 is 0 Å². The average Bonchev–Trinajstić information content (AvgIpc) is 2.18. The number of ketones is 1. The zero-order valence-corrected chi connectivity index (χ0v) is 8.62. The topological polar surface area (TPSA) is 46.6 Å². The molecule has 0 aromatic carbocycles. The number of amides is 1. The normalized spacial score (nSPS) is 17.2. The number of nitrogens with zero attached hydrogens (tertiary/aromatic N) is 1. The Morgan fingerprint density at radius 1 is 1.57 bits per heavy atom. The van der Waals surface area contributed by atoms with E-state index in [0.29, 0.717) is 19.6 Å². The molecule has 0 aromatic rings. The quantitative estimate of drug-likeness (QED) is 0.623. The first-order valence-corrected chi connectivity index (χ1v) is 5.11. The lowest BCUT2D eigenvalue weighted by Gasteiger charge is -2.25. The molecule has 1 rings (SSSR count). The first-order chi connectivity index (χ1) is 6.74. The first kappa shape index (κ1) is 11.2. The molecule has 1 amide bonds. The van der Waals surface area contributed by atoms with Gasteiger partial charge in [-0.2, -0.15) is 0 Å². The molecule has 1 aliphatic heterocycles. The van der Waals surface area contributed by atoms with E-state index in [9.17, 15) is 9.59 Å². The zero-order chi connectivity index (χ0) is 10.4. The van der Waals surface area contributed by atoms with Crippen molar-refractivity contribution in [3.8, 4) is 0 Å². The van der Waals surface area contributed by atoms with E-state index in [4.69, 9.17) is 4.74 Å². The molecule has 0 aliphatic carbocycles. The maximum Gasteiger partial charge on any atom is 0.248 e. The molecule has 4 nitrogen and oxygen atoms in total. The van der Waals surface area contributed by atoms with Crippen LogP contribution in [0.15, 0.2) is 0 Å². The second-order valence-electron chi connectivity index (χ2n) is 3.51. The Bertz CT molecular complexity index is 215. The van der Waals surface area contributed by atoms with E-state index in [1.807, 2.05) is 6.92 Å². The van der Waals surface area contributed by atoms with E-state index in [0.717, 1.165) is 12.8 Å². The van der Waals surface area contributed by atoms with Gasteiger partial charge in [0.15, 0.2) is 5.78 Å². The van der Waals surface area contributed by atoms with Crippen LogP contribution in [0.25, 0.3) is 0 Å². The van der Waals surface area contributed by atoms with Crippen LogP contribution in [0.4, 0.5) is 0 Å². The SMILES string of the molecule is CCCOCC(=O)N1CCCC(=O)C1. The largest absolute Gasteiger partial charge is 0.372 e. The molecule has 0 unspecified atom stereocenters. The zero-order valence-electron chi connectivity index (χ0n) is 8.62. The number of hydrogen-bond donors (Lipinski definition) is 0. The minimum atomic E-state index is -0.0634. The highest BCUT2D eigenvalue weighted by molar-refractivity contribution is 5.87. The van der Waals surface area contributed by atoms with Gasteiger partial charge < -0.3 is 9.64 Å². The Kier molecular flexibility index (Phi) is 4.59. The summed E-state index contributed by atoms with van der Waals surface area (Å²) in [6.45, 7) is 3.68. The van der Waals surface area contributed by atoms with Crippen molar-refractivity contribution in [2.45, 2.75) is 26.2 Å². The van der Waals surface area contributed by atoms with Crippen molar-refractivity contribution in [3.05, 3.63) is 0 Å². The third-order valence-corrected chi connectivity index (χ3v) is 2.18. The number of piperidine rings is 1. The van der Waals surface area contributed by atoms with E-state index in [2.05, 4.69) is 0 Å². The van der Waals surface area contributed by atoms with Gasteiger partial charge in [-0.05, 0) is 12.8 Å². The summed E-state index contributed by atoms with van der Waals surface area (Å²) in [4.78, 5) is 24.1. The molecule has 0 atom stereocenters. The lowest BCUT2D eigenvalue weighted by Crippen LogP contribution is -2.42. The van der Waals surface area contributed by atoms with Crippen LogP contribution in [0.1, 0.15) is 26.2 Å². The highest BCUT2D eigenvalue weighted by Crippen LogP contribution is 2.05. The lowest BCUT2D eigenvalue weighted by atomic mass is 10.1. The fraction of sp³-hybridized carbons (Fsp3) is 0.800. The number of ether oxygens (including phenoxy) is 1. The molecular weight excluding hydrogens is 182 g/mol. The Morgan fingerprint density at radius 2 is 2.36 bits per heavy atom. The second kappa shape index (κ2) is 5.75. The van der Waals surface area contributed by atoms with Crippen molar-refractivity contribution in [1.82, 2.24) is 4.90 Å². The van der Waals surface area contributed by atoms with Gasteiger partial charge in [0.2, 0.25) is 5.91 Å². The Balaban J connectivity index is 2.25. The third kappa shape index (κ3) is 3.46. The van der Waals surface area contributed by atoms with Crippen LogP contribution in [0.2, 0.25) is 0 Å². The number of carbonyl (C=O) groups is 2. The molecule has 0 spiro atoms. The predicted molar refractivity (Wildman–Crippen MR) is 51.9 cm³/mol. The summed E-state index contributed by atoms with van der Waals surface area (Å²) in [6, 6.07) is 0. The minimum absolute atomic E-state index is 0.0634. The number of likely N-dealkylation sites (tertiary alicyclic amines) is 1. The van der Waals surface area contributed by atoms with Crippen molar-refractivity contribution >= 4 is 11.7 Å². The standard InChI is InChI=1S/C10H17NO3/c1-2-6-14-8-10(13)11-5-3-4-9(12)7-11/h2-8H2,1H3. The summed E-state index contributed by atoms with van der Waals surface area (Å²) in [5.41, 5.74) is 0. The molecule has 4 heteroatoms. The lowest BCUT2D eigenvalue weighted by molar-refractivity contribution is -0.141. The van der Waals surface area contributed by atoms with Gasteiger partial charge in [-0.15, -0.1) is 0 Å². The van der Waals surface area contributed by atoms with Crippen molar-refractivity contribution < 1.29 is 14.3 Å². The van der Waals surface area contributed by atoms with Crippen LogP contribution in [-0.2, 0) is 14.3 Å². The number of hydrogen-bond acceptors (Lipinski definition) is 3. The summed E-state index contributed by atoms with van der Waals surface area (Å²) in [5, 5.41) is 0. The molecule has 1 aliphatic rings. The number of rotatable bonds is 4. The Morgan fingerprint density at radius 3 is 3.00 bits per heavy atom. The minimum Gasteiger partial charge on any atom is -0.372 e. The highest BCUT2D eigenvalue weighted by atomic mass is 16.5. The maximum absolute atomic E-state index is 11.5. The molecule has 1 heterocycles. The fourth-order valence-electron chi connectivity index (χ4n) is 1.45. The van der Waals surface area contributed by atoms with E-state index >= 15 is 0 Å². The van der Waals surface area contributed by atoms with Crippen LogP contribution >= 0.6 is 0 Å². The monoisotopic (exact) mass is 199 g/mol. The molecule has 1 fully saturated rings. The van der Waals surface area contributed by atoms with Crippen molar-refractivity contribution in [3.63, 3.8) is 0 Å². The average molecular weight is 199 g/mol. The molecular formula is C10H17NO3. The smallest absolute Gasteiger partial charge is 0.248 e. The van der Waals surface area contributed by atoms with Crippen LogP contribution in [0, 0.1) is 0 Å². The molecule has 0 aromatic heterocycles. The maximum atomic E-state index is 11.5. The summed E-state index contributed by atoms with van der Waals surface area (Å²) in [7, 11) is 0. The summed E-state index contributed by atoms with van der Waals surface area (Å²) in [5.74, 6) is 0.0894. The van der Waals surface area contributed by atoms with Gasteiger partial charge in [0.1, 0.15) is 6.61 Å². The summed E-state index contributed by atoms with van der Waals surface area (Å²) >= 11 is 0. The molecule has 0 radical (unpaired) electrons.